The van der Waals surface area contributed by atoms with Gasteiger partial charge in [-0.25, -0.2) is 4.57 Å². The Hall–Kier alpha value is -1.51. The SMILES string of the molecule is CCCCC/C=C/CCCCCCCC(=O)OC[C@H](COP(=O)(O)OCC[N+](C)(C)C)OC(=O)CCC/C=C/CCCCCCCCCCCCCCCCCCCC. The van der Waals surface area contributed by atoms with E-state index in [0.29, 0.717) is 17.4 Å². The molecule has 0 aromatic carbocycles. The third kappa shape index (κ3) is 45.8. The number of carbonyl (C=O) groups excluding carboxylic acids is 2. The number of phosphoric ester groups is 1. The van der Waals surface area contributed by atoms with Crippen molar-refractivity contribution in [3.63, 3.8) is 0 Å². The molecule has 0 radical (unpaired) electrons. The number of unbranched alkanes of at least 4 members (excludes halogenated alkanes) is 27. The van der Waals surface area contributed by atoms with Crippen molar-refractivity contribution in [2.45, 2.75) is 232 Å². The number of ether oxygens (including phenoxy) is 2. The van der Waals surface area contributed by atoms with Crippen LogP contribution in [0.25, 0.3) is 0 Å². The fourth-order valence-electron chi connectivity index (χ4n) is 6.84. The van der Waals surface area contributed by atoms with E-state index >= 15 is 0 Å². The maximum absolute atomic E-state index is 12.7. The third-order valence-electron chi connectivity index (χ3n) is 10.7. The average molecular weight is 857 g/mol. The van der Waals surface area contributed by atoms with Crippen LogP contribution in [0.1, 0.15) is 226 Å². The number of hydrogen-bond donors (Lipinski definition) is 1. The number of carbonyl (C=O) groups is 2. The summed E-state index contributed by atoms with van der Waals surface area (Å²) in [7, 11) is 1.46. The Morgan fingerprint density at radius 3 is 1.34 bits per heavy atom. The smallest absolute Gasteiger partial charge is 0.462 e. The van der Waals surface area contributed by atoms with Crippen molar-refractivity contribution in [2.24, 2.45) is 0 Å². The molecular weight excluding hydrogens is 762 g/mol. The fraction of sp³-hybridized carbons (Fsp3) is 0.878. The Morgan fingerprint density at radius 2 is 0.881 bits per heavy atom. The van der Waals surface area contributed by atoms with Gasteiger partial charge in [-0.05, 0) is 57.8 Å². The van der Waals surface area contributed by atoms with Gasteiger partial charge < -0.3 is 18.9 Å². The Kier molecular flexibility index (Phi) is 40.8. The quantitative estimate of drug-likeness (QED) is 0.0212. The molecule has 10 heteroatoms. The predicted octanol–water partition coefficient (Wildman–Crippen LogP) is 14.3. The van der Waals surface area contributed by atoms with E-state index in [2.05, 4.69) is 38.2 Å². The summed E-state index contributed by atoms with van der Waals surface area (Å²) in [5, 5.41) is 0. The van der Waals surface area contributed by atoms with Crippen LogP contribution in [0.2, 0.25) is 0 Å². The molecule has 0 bridgehead atoms. The minimum Gasteiger partial charge on any atom is -0.462 e. The van der Waals surface area contributed by atoms with E-state index in [1.807, 2.05) is 21.1 Å². The first-order valence-corrected chi connectivity index (χ1v) is 26.1. The molecule has 0 spiro atoms. The second-order valence-electron chi connectivity index (χ2n) is 17.8. The highest BCUT2D eigenvalue weighted by atomic mass is 31.2. The van der Waals surface area contributed by atoms with Gasteiger partial charge in [0, 0.05) is 12.8 Å². The van der Waals surface area contributed by atoms with Gasteiger partial charge in [0.1, 0.15) is 19.8 Å². The van der Waals surface area contributed by atoms with Gasteiger partial charge in [-0.3, -0.25) is 18.6 Å². The number of rotatable bonds is 45. The minimum absolute atomic E-state index is 0.0273. The highest BCUT2D eigenvalue weighted by Crippen LogP contribution is 2.43. The van der Waals surface area contributed by atoms with Crippen LogP contribution in [0.15, 0.2) is 24.3 Å². The van der Waals surface area contributed by atoms with Gasteiger partial charge in [0.15, 0.2) is 6.10 Å². The highest BCUT2D eigenvalue weighted by Gasteiger charge is 2.27. The predicted molar refractivity (Wildman–Crippen MR) is 247 cm³/mol. The molecule has 0 aliphatic carbocycles. The van der Waals surface area contributed by atoms with E-state index in [1.54, 1.807) is 0 Å². The van der Waals surface area contributed by atoms with Crippen LogP contribution in [0.4, 0.5) is 0 Å². The van der Waals surface area contributed by atoms with Crippen LogP contribution in [0.5, 0.6) is 0 Å². The summed E-state index contributed by atoms with van der Waals surface area (Å²) in [6.07, 6.45) is 46.8. The average Bonchev–Trinajstić information content (AvgIpc) is 3.19. The van der Waals surface area contributed by atoms with E-state index < -0.39 is 26.5 Å². The Labute approximate surface area is 364 Å². The van der Waals surface area contributed by atoms with Crippen LogP contribution in [-0.2, 0) is 32.7 Å². The number of allylic oxidation sites excluding steroid dienone is 4. The van der Waals surface area contributed by atoms with Crippen molar-refractivity contribution >= 4 is 19.8 Å². The largest absolute Gasteiger partial charge is 0.472 e. The van der Waals surface area contributed by atoms with E-state index in [-0.39, 0.29) is 32.0 Å². The molecule has 1 unspecified atom stereocenters. The molecule has 9 nitrogen and oxygen atoms in total. The second-order valence-corrected chi connectivity index (χ2v) is 19.3. The van der Waals surface area contributed by atoms with E-state index in [4.69, 9.17) is 18.5 Å². The molecule has 0 aromatic heterocycles. The minimum atomic E-state index is -4.38. The van der Waals surface area contributed by atoms with E-state index in [9.17, 15) is 19.0 Å². The Morgan fingerprint density at radius 1 is 0.508 bits per heavy atom. The number of nitrogens with zero attached hydrogens (tertiary/aromatic N) is 1. The second kappa shape index (κ2) is 41.8. The van der Waals surface area contributed by atoms with Crippen molar-refractivity contribution in [1.82, 2.24) is 0 Å². The molecule has 0 saturated heterocycles. The molecule has 0 saturated carbocycles. The van der Waals surface area contributed by atoms with Gasteiger partial charge in [-0.15, -0.1) is 0 Å². The monoisotopic (exact) mass is 857 g/mol. The van der Waals surface area contributed by atoms with Crippen LogP contribution in [0, 0.1) is 0 Å². The Balaban J connectivity index is 4.23. The van der Waals surface area contributed by atoms with Gasteiger partial charge in [0.2, 0.25) is 0 Å². The number of quaternary nitrogens is 1. The molecule has 0 heterocycles. The standard InChI is InChI=1S/C49H94NO8P/c1-6-8-10-12-14-16-18-20-21-22-23-24-25-26-27-28-29-30-32-34-36-38-40-42-49(52)58-47(46-57-59(53,54)56-44-43-50(3,4)5)45-55-48(51)41-39-37-35-33-31-19-17-15-13-11-9-7-2/h15,17,34,36,47H,6-14,16,18-33,35,37-46H2,1-5H3/p+1/b17-15+,36-34+/t47-/m1/s1. The summed E-state index contributed by atoms with van der Waals surface area (Å²) < 4.78 is 34.3. The van der Waals surface area contributed by atoms with Crippen molar-refractivity contribution in [3.05, 3.63) is 24.3 Å². The zero-order valence-electron chi connectivity index (χ0n) is 39.2. The summed E-state index contributed by atoms with van der Waals surface area (Å²) in [4.78, 5) is 35.4. The topological polar surface area (TPSA) is 108 Å². The molecule has 0 rings (SSSR count). The fourth-order valence-corrected chi connectivity index (χ4v) is 7.58. The summed E-state index contributed by atoms with van der Waals surface area (Å²) >= 11 is 0. The number of esters is 2. The van der Waals surface area contributed by atoms with Gasteiger partial charge >= 0.3 is 19.8 Å². The van der Waals surface area contributed by atoms with Crippen LogP contribution >= 0.6 is 7.82 Å². The van der Waals surface area contributed by atoms with E-state index in [0.717, 1.165) is 51.4 Å². The molecular formula is C49H95NO8P+. The van der Waals surface area contributed by atoms with Crippen molar-refractivity contribution in [3.8, 4) is 0 Å². The van der Waals surface area contributed by atoms with Gasteiger partial charge in [0.25, 0.3) is 0 Å². The number of likely N-dealkylation sites (N-methyl/N-ethyl adjacent to an activating group) is 1. The Bertz CT molecular complexity index is 1060. The molecule has 0 fully saturated rings. The lowest BCUT2D eigenvalue weighted by Gasteiger charge is -2.24. The molecule has 348 valence electrons. The van der Waals surface area contributed by atoms with E-state index in [1.165, 1.54) is 141 Å². The lowest BCUT2D eigenvalue weighted by Crippen LogP contribution is -2.37. The van der Waals surface area contributed by atoms with Crippen molar-refractivity contribution in [1.29, 1.82) is 0 Å². The first-order chi connectivity index (χ1) is 28.5. The maximum Gasteiger partial charge on any atom is 0.472 e. The molecule has 59 heavy (non-hydrogen) atoms. The maximum atomic E-state index is 12.7. The number of hydrogen-bond acceptors (Lipinski definition) is 7. The summed E-state index contributed by atoms with van der Waals surface area (Å²) in [5.41, 5.74) is 0. The molecule has 1 N–H and O–H groups in total. The molecule has 2 atom stereocenters. The van der Waals surface area contributed by atoms with Gasteiger partial charge in [0.05, 0.1) is 27.7 Å². The van der Waals surface area contributed by atoms with Crippen LogP contribution in [0.3, 0.4) is 0 Å². The molecule has 0 aliphatic rings. The first-order valence-electron chi connectivity index (χ1n) is 24.6. The van der Waals surface area contributed by atoms with Crippen molar-refractivity contribution in [2.75, 3.05) is 47.5 Å². The summed E-state index contributed by atoms with van der Waals surface area (Å²) in [5.74, 6) is -0.839. The molecule has 0 aromatic rings. The first kappa shape index (κ1) is 57.5. The van der Waals surface area contributed by atoms with Crippen molar-refractivity contribution < 1.29 is 42.1 Å². The van der Waals surface area contributed by atoms with Gasteiger partial charge in [-0.1, -0.05) is 179 Å². The van der Waals surface area contributed by atoms with Gasteiger partial charge in [-0.2, -0.15) is 0 Å². The van der Waals surface area contributed by atoms with Crippen LogP contribution < -0.4 is 0 Å². The number of phosphoric acid groups is 1. The third-order valence-corrected chi connectivity index (χ3v) is 11.7. The normalized spacial score (nSPS) is 13.7. The summed E-state index contributed by atoms with van der Waals surface area (Å²) in [6.45, 7) is 4.38. The van der Waals surface area contributed by atoms with Crippen LogP contribution in [-0.4, -0.2) is 74.9 Å². The molecule has 0 amide bonds. The zero-order chi connectivity index (χ0) is 43.6. The summed E-state index contributed by atoms with van der Waals surface area (Å²) in [6, 6.07) is 0. The molecule has 0 aliphatic heterocycles. The zero-order valence-corrected chi connectivity index (χ0v) is 40.1. The highest BCUT2D eigenvalue weighted by molar-refractivity contribution is 7.47. The lowest BCUT2D eigenvalue weighted by atomic mass is 10.0. The lowest BCUT2D eigenvalue weighted by molar-refractivity contribution is -0.870.